The summed E-state index contributed by atoms with van der Waals surface area (Å²) in [6, 6.07) is 0. The first-order valence-corrected chi connectivity index (χ1v) is 7.57. The Kier molecular flexibility index (Phi) is 9.43. The van der Waals surface area contributed by atoms with E-state index in [2.05, 4.69) is 51.5 Å². The van der Waals surface area contributed by atoms with Gasteiger partial charge in [-0.1, -0.05) is 27.7 Å². The molecule has 116 valence electrons. The fraction of sp³-hybridized carbons (Fsp3) is 0.875. The van der Waals surface area contributed by atoms with Crippen LogP contribution >= 0.6 is 0 Å². The summed E-state index contributed by atoms with van der Waals surface area (Å²) in [5, 5.41) is 9.51. The molecule has 0 spiro atoms. The monoisotopic (exact) mass is 392 g/mol. The van der Waals surface area contributed by atoms with Crippen LogP contribution in [0.4, 0.5) is 0 Å². The number of hydrogen-bond acceptors (Lipinski definition) is 2. The molecule has 1 aliphatic rings. The van der Waals surface area contributed by atoms with Gasteiger partial charge in [0.25, 0.3) is 0 Å². The Bertz CT molecular complexity index is 336. The third-order valence-corrected chi connectivity index (χ3v) is 3.42. The Labute approximate surface area is 150 Å². The van der Waals surface area contributed by atoms with E-state index in [-0.39, 0.29) is 38.4 Å². The molecule has 1 aliphatic heterocycles. The van der Waals surface area contributed by atoms with Crippen molar-refractivity contribution >= 4 is 11.4 Å². The summed E-state index contributed by atoms with van der Waals surface area (Å²) in [4.78, 5) is 9.25. The topological polar surface area (TPSA) is 52.9 Å². The van der Waals surface area contributed by atoms with Gasteiger partial charge in [-0.2, -0.15) is 0 Å². The Balaban J connectivity index is 0.00000400. The molecule has 1 rings (SSSR count). The summed E-state index contributed by atoms with van der Waals surface area (Å²) in [7, 11) is 0. The van der Waals surface area contributed by atoms with Crippen LogP contribution in [0, 0.1) is 0 Å². The molecule has 4 nitrogen and oxygen atoms in total. The molecular formula is C16H30CdN4. The Morgan fingerprint density at radius 2 is 1.10 bits per heavy atom. The van der Waals surface area contributed by atoms with Crippen molar-refractivity contribution in [1.29, 1.82) is 0 Å². The predicted octanol–water partition coefficient (Wildman–Crippen LogP) is 4.00. The molecule has 0 atom stereocenters. The van der Waals surface area contributed by atoms with Crippen LogP contribution in [0.2, 0.25) is 0 Å². The number of hydrogen-bond donors (Lipinski definition) is 0. The van der Waals surface area contributed by atoms with Crippen LogP contribution in [0.3, 0.4) is 0 Å². The van der Waals surface area contributed by atoms with Crippen molar-refractivity contribution < 1.29 is 27.3 Å². The molecule has 0 aromatic carbocycles. The molecule has 0 aromatic rings. The molecule has 21 heavy (non-hydrogen) atoms. The Morgan fingerprint density at radius 3 is 1.43 bits per heavy atom. The minimum Gasteiger partial charge on any atom is -0.655 e. The maximum absolute atomic E-state index is 4.75. The van der Waals surface area contributed by atoms with Crippen LogP contribution in [-0.2, 0) is 27.3 Å². The second-order valence-corrected chi connectivity index (χ2v) is 6.98. The zero-order valence-corrected chi connectivity index (χ0v) is 18.8. The fourth-order valence-corrected chi connectivity index (χ4v) is 2.66. The summed E-state index contributed by atoms with van der Waals surface area (Å²) in [6.45, 7) is 16.0. The van der Waals surface area contributed by atoms with Crippen LogP contribution in [0.25, 0.3) is 10.6 Å². The third-order valence-electron chi connectivity index (χ3n) is 3.42. The largest absolute Gasteiger partial charge is 2.00 e. The summed E-state index contributed by atoms with van der Waals surface area (Å²) < 4.78 is 0. The first kappa shape index (κ1) is 21.2. The van der Waals surface area contributed by atoms with Crippen LogP contribution in [-0.4, -0.2) is 48.7 Å². The van der Waals surface area contributed by atoms with Gasteiger partial charge in [-0.25, -0.2) is 0 Å². The van der Waals surface area contributed by atoms with Gasteiger partial charge >= 0.3 is 27.3 Å². The first-order chi connectivity index (χ1) is 9.20. The molecule has 0 N–H and O–H groups in total. The van der Waals surface area contributed by atoms with E-state index in [0.717, 1.165) is 39.0 Å². The van der Waals surface area contributed by atoms with Crippen molar-refractivity contribution in [1.82, 2.24) is 0 Å². The van der Waals surface area contributed by atoms with Gasteiger partial charge in [0.05, 0.1) is 0 Å². The SMILES string of the molecule is CC1=NCC[N-]C(C)(C)CC(C)=NCC[N-]C(C)(C)C1.[Cd+2]. The molecule has 0 fully saturated rings. The van der Waals surface area contributed by atoms with E-state index in [1.165, 1.54) is 11.4 Å². The molecule has 0 unspecified atom stereocenters. The van der Waals surface area contributed by atoms with Gasteiger partial charge in [0.2, 0.25) is 0 Å². The molecule has 0 aromatic heterocycles. The van der Waals surface area contributed by atoms with Gasteiger partial charge in [0.1, 0.15) is 0 Å². The van der Waals surface area contributed by atoms with Crippen molar-refractivity contribution in [2.24, 2.45) is 9.98 Å². The normalized spacial score (nSPS) is 24.1. The van der Waals surface area contributed by atoms with Crippen LogP contribution < -0.4 is 0 Å². The molecule has 5 heteroatoms. The van der Waals surface area contributed by atoms with E-state index in [9.17, 15) is 0 Å². The quantitative estimate of drug-likeness (QED) is 0.561. The van der Waals surface area contributed by atoms with Crippen LogP contribution in [0.1, 0.15) is 54.4 Å². The van der Waals surface area contributed by atoms with E-state index < -0.39 is 0 Å². The molecule has 0 bridgehead atoms. The van der Waals surface area contributed by atoms with Crippen molar-refractivity contribution in [3.05, 3.63) is 10.6 Å². The average Bonchev–Trinajstić information content (AvgIpc) is 2.28. The molecule has 0 saturated heterocycles. The van der Waals surface area contributed by atoms with E-state index >= 15 is 0 Å². The number of aliphatic imine (C=N–C) groups is 2. The van der Waals surface area contributed by atoms with E-state index in [4.69, 9.17) is 10.6 Å². The zero-order valence-electron chi connectivity index (χ0n) is 14.7. The van der Waals surface area contributed by atoms with E-state index in [0.29, 0.717) is 0 Å². The van der Waals surface area contributed by atoms with E-state index in [1.54, 1.807) is 0 Å². The maximum atomic E-state index is 4.75. The summed E-state index contributed by atoms with van der Waals surface area (Å²) in [5.74, 6) is 0. The minimum atomic E-state index is -0.0441. The second-order valence-electron chi connectivity index (χ2n) is 6.98. The fourth-order valence-electron chi connectivity index (χ4n) is 2.66. The molecule has 0 saturated carbocycles. The smallest absolute Gasteiger partial charge is 0.655 e. The van der Waals surface area contributed by atoms with Crippen LogP contribution in [0.15, 0.2) is 9.98 Å². The van der Waals surface area contributed by atoms with E-state index in [1.807, 2.05) is 0 Å². The average molecular weight is 391 g/mol. The first-order valence-electron chi connectivity index (χ1n) is 7.57. The van der Waals surface area contributed by atoms with Crippen molar-refractivity contribution in [3.63, 3.8) is 0 Å². The van der Waals surface area contributed by atoms with Gasteiger partial charge in [-0.15, -0.1) is 24.2 Å². The van der Waals surface area contributed by atoms with Gasteiger partial charge in [-0.05, 0) is 26.7 Å². The van der Waals surface area contributed by atoms with Gasteiger partial charge in [0, 0.05) is 24.5 Å². The minimum absolute atomic E-state index is 0. The van der Waals surface area contributed by atoms with Gasteiger partial charge < -0.3 is 10.6 Å². The standard InChI is InChI=1S/C16H30N4.Cd/c1-13-11-15(3,4)19-10-8-18-14(2)12-16(5,6)20-9-7-17-13;/h7-12H2,1-6H3;/q-2;+2. The maximum Gasteiger partial charge on any atom is 2.00 e. The van der Waals surface area contributed by atoms with Gasteiger partial charge in [0.15, 0.2) is 0 Å². The molecule has 0 aliphatic carbocycles. The molecule has 0 radical (unpaired) electrons. The third kappa shape index (κ3) is 9.73. The van der Waals surface area contributed by atoms with Crippen molar-refractivity contribution in [3.8, 4) is 0 Å². The summed E-state index contributed by atoms with van der Waals surface area (Å²) >= 11 is 0. The van der Waals surface area contributed by atoms with Gasteiger partial charge in [-0.3, -0.25) is 9.98 Å². The zero-order chi connectivity index (χ0) is 15.2. The number of rotatable bonds is 0. The molecule has 1 heterocycles. The van der Waals surface area contributed by atoms with Crippen molar-refractivity contribution in [2.75, 3.05) is 26.2 Å². The van der Waals surface area contributed by atoms with Crippen molar-refractivity contribution in [2.45, 2.75) is 65.5 Å². The van der Waals surface area contributed by atoms with Crippen LogP contribution in [0.5, 0.6) is 0 Å². The molecule has 0 amide bonds. The Morgan fingerprint density at radius 1 is 0.762 bits per heavy atom. The predicted molar refractivity (Wildman–Crippen MR) is 89.8 cm³/mol. The molecular weight excluding hydrogens is 361 g/mol. The second kappa shape index (κ2) is 9.35. The number of nitrogens with zero attached hydrogens (tertiary/aromatic N) is 4. The summed E-state index contributed by atoms with van der Waals surface area (Å²) in [5.41, 5.74) is 2.25. The summed E-state index contributed by atoms with van der Waals surface area (Å²) in [6.07, 6.45) is 1.83. The Hall–Kier alpha value is 0.182.